The van der Waals surface area contributed by atoms with Crippen molar-refractivity contribution in [2.45, 2.75) is 6.92 Å². The molecule has 90 valence electrons. The molecule has 0 unspecified atom stereocenters. The van der Waals surface area contributed by atoms with E-state index in [9.17, 15) is 4.79 Å². The van der Waals surface area contributed by atoms with Gasteiger partial charge in [-0.05, 0) is 18.1 Å². The predicted octanol–water partition coefficient (Wildman–Crippen LogP) is 2.66. The van der Waals surface area contributed by atoms with Crippen LogP contribution in [0.2, 0.25) is 0 Å². The molecule has 0 aliphatic heterocycles. The van der Waals surface area contributed by atoms with E-state index in [0.29, 0.717) is 11.1 Å². The van der Waals surface area contributed by atoms with Crippen molar-refractivity contribution in [2.24, 2.45) is 4.99 Å². The van der Waals surface area contributed by atoms with Crippen molar-refractivity contribution < 1.29 is 4.79 Å². The van der Waals surface area contributed by atoms with Crippen molar-refractivity contribution in [3.8, 4) is 12.1 Å². The first-order valence-corrected chi connectivity index (χ1v) is 5.53. The van der Waals surface area contributed by atoms with E-state index in [1.165, 1.54) is 0 Å². The molecule has 0 spiro atoms. The second-order valence-electron chi connectivity index (χ2n) is 4.01. The molecule has 0 heterocycles. The van der Waals surface area contributed by atoms with Crippen LogP contribution in [0.15, 0.2) is 47.1 Å². The highest BCUT2D eigenvalue weighted by atomic mass is 16.1. The van der Waals surface area contributed by atoms with Gasteiger partial charge in [-0.2, -0.15) is 10.5 Å². The summed E-state index contributed by atoms with van der Waals surface area (Å²) in [5, 5.41) is 17.7. The Bertz CT molecular complexity index is 739. The minimum atomic E-state index is -0.230. The first-order chi connectivity index (χ1) is 9.10. The Balaban J connectivity index is 2.56. The lowest BCUT2D eigenvalue weighted by atomic mass is 10.1. The molecule has 4 nitrogen and oxygen atoms in total. The first-order valence-electron chi connectivity index (χ1n) is 5.53. The van der Waals surface area contributed by atoms with E-state index in [1.54, 1.807) is 31.2 Å². The summed E-state index contributed by atoms with van der Waals surface area (Å²) in [6.07, 6.45) is 0. The van der Waals surface area contributed by atoms with Crippen LogP contribution in [0.4, 0.5) is 0 Å². The van der Waals surface area contributed by atoms with E-state index >= 15 is 0 Å². The third kappa shape index (κ3) is 1.96. The van der Waals surface area contributed by atoms with Crippen LogP contribution in [0, 0.1) is 22.7 Å². The van der Waals surface area contributed by atoms with Gasteiger partial charge in [-0.25, -0.2) is 4.99 Å². The van der Waals surface area contributed by atoms with Crippen molar-refractivity contribution >= 4 is 17.1 Å². The van der Waals surface area contributed by atoms with Gasteiger partial charge >= 0.3 is 0 Å². The molecule has 4 heteroatoms. The number of aliphatic imine (C=N–C) groups is 1. The zero-order valence-electron chi connectivity index (χ0n) is 10.3. The quantitative estimate of drug-likeness (QED) is 0.595. The van der Waals surface area contributed by atoms with Crippen LogP contribution in [-0.2, 0) is 0 Å². The fraction of sp³-hybridized carbons (Fsp3) is 0.0667. The van der Waals surface area contributed by atoms with Gasteiger partial charge < -0.3 is 0 Å². The molecule has 0 saturated carbocycles. The number of fused-ring (bicyclic) bond motifs is 1. The maximum Gasteiger partial charge on any atom is 0.212 e. The van der Waals surface area contributed by atoms with Crippen LogP contribution in [0.1, 0.15) is 22.8 Å². The molecule has 0 atom stereocenters. The molecule has 0 bridgehead atoms. The van der Waals surface area contributed by atoms with Gasteiger partial charge in [-0.1, -0.05) is 30.8 Å². The standard InChI is InChI=1S/C15H9N3O/c1-9(7-16)13(8-17)18-14-10(2)11-5-3-4-6-12(11)15(14)19/h3-6H,1H2,2H3/b18-13-. The summed E-state index contributed by atoms with van der Waals surface area (Å²) in [6.45, 7) is 5.21. The molecular formula is C15H9N3O. The number of rotatable bonds is 2. The number of hydrogen-bond donors (Lipinski definition) is 0. The van der Waals surface area contributed by atoms with Gasteiger partial charge in [0.2, 0.25) is 5.78 Å². The van der Waals surface area contributed by atoms with Crippen molar-refractivity contribution in [1.29, 1.82) is 10.5 Å². The molecule has 0 radical (unpaired) electrons. The molecule has 2 rings (SSSR count). The smallest absolute Gasteiger partial charge is 0.212 e. The average molecular weight is 247 g/mol. The Hall–Kier alpha value is -2.98. The number of nitrogens with zero attached hydrogens (tertiary/aromatic N) is 3. The zero-order chi connectivity index (χ0) is 14.0. The largest absolute Gasteiger partial charge is 0.287 e. The topological polar surface area (TPSA) is 77.0 Å². The lowest BCUT2D eigenvalue weighted by Crippen LogP contribution is -2.02. The van der Waals surface area contributed by atoms with Gasteiger partial charge in [-0.3, -0.25) is 4.79 Å². The summed E-state index contributed by atoms with van der Waals surface area (Å²) in [5.41, 5.74) is 2.11. The van der Waals surface area contributed by atoms with E-state index in [-0.39, 0.29) is 22.8 Å². The average Bonchev–Trinajstić information content (AvgIpc) is 2.68. The van der Waals surface area contributed by atoms with E-state index < -0.39 is 0 Å². The number of ketones is 1. The minimum absolute atomic E-state index is 0.0495. The summed E-state index contributed by atoms with van der Waals surface area (Å²) in [4.78, 5) is 16.2. The number of hydrogen-bond acceptors (Lipinski definition) is 4. The number of benzene rings is 1. The maximum atomic E-state index is 12.2. The molecule has 0 aromatic heterocycles. The molecular weight excluding hydrogens is 238 g/mol. The Morgan fingerprint density at radius 1 is 1.21 bits per heavy atom. The van der Waals surface area contributed by atoms with E-state index in [1.807, 2.05) is 12.1 Å². The zero-order valence-corrected chi connectivity index (χ0v) is 10.3. The summed E-state index contributed by atoms with van der Waals surface area (Å²) in [7, 11) is 0. The van der Waals surface area contributed by atoms with Crippen molar-refractivity contribution in [3.63, 3.8) is 0 Å². The number of Topliss-reactive ketones (excluding diaryl/α,β-unsaturated/α-hetero) is 1. The third-order valence-electron chi connectivity index (χ3n) is 2.90. The van der Waals surface area contributed by atoms with Crippen molar-refractivity contribution in [2.75, 3.05) is 0 Å². The molecule has 19 heavy (non-hydrogen) atoms. The van der Waals surface area contributed by atoms with Crippen LogP contribution in [0.5, 0.6) is 0 Å². The molecule has 0 N–H and O–H groups in total. The fourth-order valence-corrected chi connectivity index (χ4v) is 1.89. The Morgan fingerprint density at radius 3 is 2.37 bits per heavy atom. The van der Waals surface area contributed by atoms with Crippen LogP contribution >= 0.6 is 0 Å². The predicted molar refractivity (Wildman–Crippen MR) is 71.2 cm³/mol. The van der Waals surface area contributed by atoms with E-state index in [4.69, 9.17) is 10.5 Å². The van der Waals surface area contributed by atoms with Crippen LogP contribution in [0.25, 0.3) is 5.57 Å². The molecule has 1 aromatic carbocycles. The lowest BCUT2D eigenvalue weighted by molar-refractivity contribution is 0.103. The third-order valence-corrected chi connectivity index (χ3v) is 2.90. The van der Waals surface area contributed by atoms with Gasteiger partial charge in [0.25, 0.3) is 0 Å². The monoisotopic (exact) mass is 247 g/mol. The lowest BCUT2D eigenvalue weighted by Gasteiger charge is -1.97. The van der Waals surface area contributed by atoms with Gasteiger partial charge in [0.1, 0.15) is 17.8 Å². The Morgan fingerprint density at radius 2 is 1.84 bits per heavy atom. The molecule has 1 aliphatic rings. The molecule has 0 amide bonds. The molecule has 1 aromatic rings. The summed E-state index contributed by atoms with van der Waals surface area (Å²) in [6, 6.07) is 10.7. The van der Waals surface area contributed by atoms with E-state index in [0.717, 1.165) is 5.56 Å². The molecule has 1 aliphatic carbocycles. The highest BCUT2D eigenvalue weighted by Crippen LogP contribution is 2.33. The summed E-state index contributed by atoms with van der Waals surface area (Å²) < 4.78 is 0. The Labute approximate surface area is 110 Å². The normalized spacial score (nSPS) is 13.8. The first kappa shape index (κ1) is 12.5. The van der Waals surface area contributed by atoms with Crippen LogP contribution in [0.3, 0.4) is 0 Å². The highest BCUT2D eigenvalue weighted by molar-refractivity contribution is 6.23. The van der Waals surface area contributed by atoms with Crippen molar-refractivity contribution in [1.82, 2.24) is 0 Å². The van der Waals surface area contributed by atoms with Gasteiger partial charge in [0.15, 0.2) is 5.71 Å². The maximum absolute atomic E-state index is 12.2. The number of carbonyl (C=O) groups is 1. The van der Waals surface area contributed by atoms with Crippen LogP contribution in [-0.4, -0.2) is 11.5 Å². The second kappa shape index (κ2) is 4.72. The number of nitriles is 2. The highest BCUT2D eigenvalue weighted by Gasteiger charge is 2.27. The van der Waals surface area contributed by atoms with E-state index in [2.05, 4.69) is 11.6 Å². The minimum Gasteiger partial charge on any atom is -0.287 e. The molecule has 0 saturated heterocycles. The van der Waals surface area contributed by atoms with Gasteiger partial charge in [0.05, 0.1) is 5.57 Å². The number of allylic oxidation sites excluding steroid dienone is 3. The summed E-state index contributed by atoms with van der Waals surface area (Å²) in [5.74, 6) is -0.230. The SMILES string of the molecule is C=C(C#N)/C(C#N)=N\C1=C(C)c2ccccc2C1=O. The number of carbonyl (C=O) groups excluding carboxylic acids is 1. The summed E-state index contributed by atoms with van der Waals surface area (Å²) >= 11 is 0. The fourth-order valence-electron chi connectivity index (χ4n) is 1.89. The van der Waals surface area contributed by atoms with Gasteiger partial charge in [-0.15, -0.1) is 0 Å². The molecule has 0 fully saturated rings. The van der Waals surface area contributed by atoms with Crippen LogP contribution < -0.4 is 0 Å². The second-order valence-corrected chi connectivity index (χ2v) is 4.01. The Kier molecular flexibility index (Phi) is 3.10. The van der Waals surface area contributed by atoms with Crippen molar-refractivity contribution in [3.05, 3.63) is 53.2 Å². The van der Waals surface area contributed by atoms with Gasteiger partial charge in [0, 0.05) is 5.56 Å².